The van der Waals surface area contributed by atoms with Crippen LogP contribution in [0.25, 0.3) is 0 Å². The van der Waals surface area contributed by atoms with E-state index in [9.17, 15) is 26.4 Å². The lowest BCUT2D eigenvalue weighted by molar-refractivity contribution is -0.192. The Balaban J connectivity index is 0.000000572. The van der Waals surface area contributed by atoms with Crippen LogP contribution in [0.5, 0.6) is 0 Å². The van der Waals surface area contributed by atoms with Crippen molar-refractivity contribution in [3.63, 3.8) is 0 Å². The molecular weight excluding hydrogens is 567 g/mol. The van der Waals surface area contributed by atoms with Gasteiger partial charge in [0.2, 0.25) is 15.9 Å². The molecule has 36 heavy (non-hydrogen) atoms. The molecule has 198 valence electrons. The molecule has 2 aromatic rings. The van der Waals surface area contributed by atoms with Crippen LogP contribution in [-0.4, -0.2) is 80.1 Å². The van der Waals surface area contributed by atoms with Gasteiger partial charge in [0.15, 0.2) is 0 Å². The van der Waals surface area contributed by atoms with Crippen molar-refractivity contribution in [1.29, 1.82) is 0 Å². The molecule has 1 aliphatic rings. The van der Waals surface area contributed by atoms with Gasteiger partial charge in [-0.2, -0.15) is 17.5 Å². The van der Waals surface area contributed by atoms with E-state index in [1.807, 2.05) is 30.3 Å². The van der Waals surface area contributed by atoms with Crippen LogP contribution in [-0.2, 0) is 26.0 Å². The van der Waals surface area contributed by atoms with E-state index >= 15 is 0 Å². The second-order valence-electron chi connectivity index (χ2n) is 7.78. The van der Waals surface area contributed by atoms with E-state index < -0.39 is 22.2 Å². The second kappa shape index (κ2) is 13.7. The summed E-state index contributed by atoms with van der Waals surface area (Å²) in [6.45, 7) is 3.40. The molecule has 0 bridgehead atoms. The van der Waals surface area contributed by atoms with Crippen molar-refractivity contribution >= 4 is 37.8 Å². The molecule has 0 atom stereocenters. The van der Waals surface area contributed by atoms with Crippen LogP contribution in [0.2, 0.25) is 0 Å². The molecule has 1 heterocycles. The summed E-state index contributed by atoms with van der Waals surface area (Å²) in [5.74, 6) is -2.75. The van der Waals surface area contributed by atoms with E-state index in [4.69, 9.17) is 9.90 Å². The minimum Gasteiger partial charge on any atom is -0.475 e. The Labute approximate surface area is 216 Å². The average molecular weight is 594 g/mol. The van der Waals surface area contributed by atoms with Gasteiger partial charge in [-0.1, -0.05) is 46.3 Å². The fourth-order valence-corrected chi connectivity index (χ4v) is 5.00. The number of sulfonamides is 1. The third-order valence-corrected chi connectivity index (χ3v) is 7.67. The molecule has 1 amide bonds. The maximum atomic E-state index is 13.2. The normalized spacial score (nSPS) is 14.2. The van der Waals surface area contributed by atoms with Crippen LogP contribution in [0, 0.1) is 0 Å². The molecule has 2 N–H and O–H groups in total. The summed E-state index contributed by atoms with van der Waals surface area (Å²) in [7, 11) is -3.68. The fraction of sp³-hybridized carbons (Fsp3) is 0.391. The largest absolute Gasteiger partial charge is 0.490 e. The van der Waals surface area contributed by atoms with E-state index in [0.29, 0.717) is 26.1 Å². The summed E-state index contributed by atoms with van der Waals surface area (Å²) in [5, 5.41) is 10.3. The number of carboxylic acid groups (broad SMARTS) is 1. The second-order valence-corrected chi connectivity index (χ2v) is 10.6. The summed E-state index contributed by atoms with van der Waals surface area (Å²) in [6.07, 6.45) is -4.30. The van der Waals surface area contributed by atoms with E-state index in [2.05, 4.69) is 21.2 Å². The van der Waals surface area contributed by atoms with Crippen LogP contribution in [0.15, 0.2) is 64.0 Å². The van der Waals surface area contributed by atoms with Crippen LogP contribution in [0.1, 0.15) is 12.0 Å². The first kappa shape index (κ1) is 29.7. The summed E-state index contributed by atoms with van der Waals surface area (Å²) >= 11 is 3.34. The first-order chi connectivity index (χ1) is 16.9. The maximum absolute atomic E-state index is 13.2. The van der Waals surface area contributed by atoms with E-state index in [0.717, 1.165) is 23.1 Å². The van der Waals surface area contributed by atoms with Crippen LogP contribution in [0.3, 0.4) is 0 Å². The van der Waals surface area contributed by atoms with Crippen LogP contribution in [0.4, 0.5) is 13.2 Å². The molecule has 0 aromatic heterocycles. The molecule has 3 rings (SSSR count). The van der Waals surface area contributed by atoms with Gasteiger partial charge in [0.05, 0.1) is 4.90 Å². The number of carboxylic acids is 1. The van der Waals surface area contributed by atoms with E-state index in [1.54, 1.807) is 29.2 Å². The van der Waals surface area contributed by atoms with Crippen molar-refractivity contribution in [1.82, 2.24) is 14.5 Å². The highest BCUT2D eigenvalue weighted by Crippen LogP contribution is 2.20. The van der Waals surface area contributed by atoms with Gasteiger partial charge in [-0.25, -0.2) is 13.2 Å². The predicted molar refractivity (Wildman–Crippen MR) is 131 cm³/mol. The molecule has 0 aliphatic carbocycles. The number of benzene rings is 2. The van der Waals surface area contributed by atoms with Crippen molar-refractivity contribution in [3.05, 3.63) is 64.6 Å². The highest BCUT2D eigenvalue weighted by molar-refractivity contribution is 9.10. The highest BCUT2D eigenvalue weighted by Gasteiger charge is 2.38. The maximum Gasteiger partial charge on any atom is 0.490 e. The number of halogens is 4. The Bertz CT molecular complexity index is 1090. The summed E-state index contributed by atoms with van der Waals surface area (Å²) in [6, 6.07) is 16.4. The zero-order valence-electron chi connectivity index (χ0n) is 19.2. The summed E-state index contributed by atoms with van der Waals surface area (Å²) < 4.78 is 60.4. The molecule has 1 aliphatic heterocycles. The molecule has 1 saturated heterocycles. The number of alkyl halides is 3. The number of carbonyl (C=O) groups is 2. The van der Waals surface area contributed by atoms with Crippen molar-refractivity contribution in [2.24, 2.45) is 0 Å². The van der Waals surface area contributed by atoms with Crippen molar-refractivity contribution in [3.8, 4) is 0 Å². The number of aliphatic carboxylic acids is 1. The zero-order valence-corrected chi connectivity index (χ0v) is 21.7. The molecule has 0 saturated carbocycles. The number of nitrogens with one attached hydrogen (secondary N) is 1. The third kappa shape index (κ3) is 9.52. The van der Waals surface area contributed by atoms with Crippen LogP contribution >= 0.6 is 15.9 Å². The SMILES string of the molecule is O=C(CCN(CCc1ccccc1)S(=O)(=O)c1ccc(Br)cc1)N1CCNCC1.O=C(O)C(F)(F)F. The van der Waals surface area contributed by atoms with Gasteiger partial charge in [0.1, 0.15) is 0 Å². The molecular formula is C23H27BrF3N3O5S. The van der Waals surface area contributed by atoms with Crippen molar-refractivity contribution < 1.29 is 36.3 Å². The topological polar surface area (TPSA) is 107 Å². The van der Waals surface area contributed by atoms with E-state index in [1.165, 1.54) is 4.31 Å². The minimum absolute atomic E-state index is 0.00205. The molecule has 0 spiro atoms. The molecule has 0 radical (unpaired) electrons. The predicted octanol–water partition coefficient (Wildman–Crippen LogP) is 3.14. The third-order valence-electron chi connectivity index (χ3n) is 5.23. The van der Waals surface area contributed by atoms with Crippen molar-refractivity contribution in [2.75, 3.05) is 39.3 Å². The number of hydrogen-bond acceptors (Lipinski definition) is 5. The van der Waals surface area contributed by atoms with Gasteiger partial charge in [0, 0.05) is 50.2 Å². The standard InChI is InChI=1S/C21H26BrN3O3S.C2HF3O2/c22-19-6-8-20(9-7-19)29(27,28)25(14-10-18-4-2-1-3-5-18)15-11-21(26)24-16-12-23-13-17-24;3-2(4,5)1(6)7/h1-9,23H,10-17H2;(H,6,7). The van der Waals surface area contributed by atoms with Gasteiger partial charge in [0.25, 0.3) is 0 Å². The quantitative estimate of drug-likeness (QED) is 0.487. The molecule has 2 aromatic carbocycles. The fourth-order valence-electron chi connectivity index (χ4n) is 3.30. The number of nitrogens with zero attached hydrogens (tertiary/aromatic N) is 2. The van der Waals surface area contributed by atoms with Gasteiger partial charge in [-0.05, 0) is 36.2 Å². The molecule has 0 unspecified atom stereocenters. The number of piperazine rings is 1. The first-order valence-electron chi connectivity index (χ1n) is 11.0. The summed E-state index contributed by atoms with van der Waals surface area (Å²) in [4.78, 5) is 23.5. The highest BCUT2D eigenvalue weighted by atomic mass is 79.9. The first-order valence-corrected chi connectivity index (χ1v) is 13.2. The summed E-state index contributed by atoms with van der Waals surface area (Å²) in [5.41, 5.74) is 1.07. The lowest BCUT2D eigenvalue weighted by atomic mass is 10.1. The number of hydrogen-bond donors (Lipinski definition) is 2. The Morgan fingerprint density at radius 2 is 1.56 bits per heavy atom. The van der Waals surface area contributed by atoms with Gasteiger partial charge in [-0.15, -0.1) is 0 Å². The Morgan fingerprint density at radius 3 is 2.08 bits per heavy atom. The lowest BCUT2D eigenvalue weighted by Crippen LogP contribution is -2.47. The number of amides is 1. The van der Waals surface area contributed by atoms with Gasteiger partial charge < -0.3 is 15.3 Å². The number of carbonyl (C=O) groups excluding carboxylic acids is 1. The Kier molecular flexibility index (Phi) is 11.3. The monoisotopic (exact) mass is 593 g/mol. The Hall–Kier alpha value is -2.48. The van der Waals surface area contributed by atoms with E-state index in [-0.39, 0.29) is 23.8 Å². The minimum atomic E-state index is -5.08. The average Bonchev–Trinajstić information content (AvgIpc) is 2.85. The number of rotatable bonds is 8. The molecule has 1 fully saturated rings. The molecule has 13 heteroatoms. The van der Waals surface area contributed by atoms with Gasteiger partial charge in [-0.3, -0.25) is 4.79 Å². The zero-order chi connectivity index (χ0) is 26.8. The Morgan fingerprint density at radius 1 is 1.00 bits per heavy atom. The molecule has 8 nitrogen and oxygen atoms in total. The lowest BCUT2D eigenvalue weighted by Gasteiger charge is -2.29. The van der Waals surface area contributed by atoms with Gasteiger partial charge >= 0.3 is 12.1 Å². The van der Waals surface area contributed by atoms with Crippen LogP contribution < -0.4 is 5.32 Å². The van der Waals surface area contributed by atoms with Crippen molar-refractivity contribution in [2.45, 2.75) is 23.9 Å². The smallest absolute Gasteiger partial charge is 0.475 e.